The predicted octanol–water partition coefficient (Wildman–Crippen LogP) is 0.0499. The lowest BCUT2D eigenvalue weighted by Gasteiger charge is -2.39. The van der Waals surface area contributed by atoms with E-state index >= 15 is 0 Å². The number of ether oxygens (including phenoxy) is 2. The van der Waals surface area contributed by atoms with E-state index in [-0.39, 0.29) is 22.5 Å². The number of aliphatic hydroxyl groups excluding tert-OH is 4. The van der Waals surface area contributed by atoms with Crippen LogP contribution in [-0.4, -0.2) is 68.0 Å². The Morgan fingerprint density at radius 3 is 2.35 bits per heavy atom. The first-order chi connectivity index (χ1) is 14.8. The molecule has 2 aromatic carbocycles. The van der Waals surface area contributed by atoms with E-state index < -0.39 is 54.2 Å². The molecule has 0 aliphatic carbocycles. The van der Waals surface area contributed by atoms with Crippen molar-refractivity contribution in [1.82, 2.24) is 0 Å². The molecule has 2 heterocycles. The number of benzene rings is 2. The van der Waals surface area contributed by atoms with Crippen LogP contribution < -0.4 is 10.2 Å². The molecule has 3 aromatic rings. The Morgan fingerprint density at radius 1 is 0.968 bits per heavy atom. The quantitative estimate of drug-likeness (QED) is 0.331. The average molecular weight is 432 g/mol. The van der Waals surface area contributed by atoms with Crippen molar-refractivity contribution in [2.45, 2.75) is 30.7 Å². The second-order valence-electron chi connectivity index (χ2n) is 7.11. The number of aromatic hydroxyl groups is 2. The van der Waals surface area contributed by atoms with E-state index in [1.165, 1.54) is 6.07 Å². The van der Waals surface area contributed by atoms with Gasteiger partial charge in [0.1, 0.15) is 46.9 Å². The zero-order valence-electron chi connectivity index (χ0n) is 16.0. The van der Waals surface area contributed by atoms with E-state index in [2.05, 4.69) is 0 Å². The van der Waals surface area contributed by atoms with E-state index in [0.29, 0.717) is 5.56 Å². The minimum atomic E-state index is -1.66. The lowest BCUT2D eigenvalue weighted by atomic mass is 9.99. The molecule has 0 saturated carbocycles. The summed E-state index contributed by atoms with van der Waals surface area (Å²) in [6.45, 7) is -0.637. The Kier molecular flexibility index (Phi) is 5.56. The highest BCUT2D eigenvalue weighted by Crippen LogP contribution is 2.36. The number of fused-ring (bicyclic) bond motifs is 1. The minimum Gasteiger partial charge on any atom is -0.507 e. The third kappa shape index (κ3) is 3.71. The molecule has 0 amide bonds. The number of phenolic OH excluding ortho intramolecular Hbond substituents is 1. The van der Waals surface area contributed by atoms with Gasteiger partial charge in [-0.3, -0.25) is 4.79 Å². The fraction of sp³-hybridized carbons (Fsp3) is 0.286. The van der Waals surface area contributed by atoms with Gasteiger partial charge < -0.3 is 44.5 Å². The van der Waals surface area contributed by atoms with Crippen LogP contribution in [0.25, 0.3) is 22.3 Å². The molecule has 164 valence electrons. The van der Waals surface area contributed by atoms with E-state index in [1.807, 2.05) is 0 Å². The SMILES string of the molecule is O=c1c(O)c(-c2ccccc2)oc2cc(O[C@@H]3O[C@H](CO)[C@@H](O)[C@H](O)[C@H]3O)cc(O)c12. The summed E-state index contributed by atoms with van der Waals surface area (Å²) < 4.78 is 16.4. The van der Waals surface area contributed by atoms with Crippen LogP contribution in [0.2, 0.25) is 0 Å². The van der Waals surface area contributed by atoms with Gasteiger partial charge in [0.25, 0.3) is 0 Å². The van der Waals surface area contributed by atoms with Gasteiger partial charge in [-0.1, -0.05) is 30.3 Å². The van der Waals surface area contributed by atoms with Crippen LogP contribution in [0, 0.1) is 0 Å². The highest BCUT2D eigenvalue weighted by molar-refractivity contribution is 5.88. The number of hydrogen-bond donors (Lipinski definition) is 6. The number of hydrogen-bond acceptors (Lipinski definition) is 10. The van der Waals surface area contributed by atoms with Gasteiger partial charge in [-0.2, -0.15) is 0 Å². The van der Waals surface area contributed by atoms with Crippen molar-refractivity contribution < 1.29 is 44.5 Å². The Balaban J connectivity index is 1.75. The summed E-state index contributed by atoms with van der Waals surface area (Å²) in [5.74, 6) is -1.43. The molecule has 10 nitrogen and oxygen atoms in total. The summed E-state index contributed by atoms with van der Waals surface area (Å²) in [7, 11) is 0. The lowest BCUT2D eigenvalue weighted by Crippen LogP contribution is -2.60. The fourth-order valence-electron chi connectivity index (χ4n) is 3.42. The third-order valence-electron chi connectivity index (χ3n) is 5.06. The molecule has 0 spiro atoms. The first-order valence-corrected chi connectivity index (χ1v) is 9.37. The minimum absolute atomic E-state index is 0.0952. The summed E-state index contributed by atoms with van der Waals surface area (Å²) >= 11 is 0. The van der Waals surface area contributed by atoms with Gasteiger partial charge in [-0.15, -0.1) is 0 Å². The van der Waals surface area contributed by atoms with Crippen molar-refractivity contribution in [1.29, 1.82) is 0 Å². The van der Waals surface area contributed by atoms with Crippen molar-refractivity contribution in [3.05, 3.63) is 52.7 Å². The fourth-order valence-corrected chi connectivity index (χ4v) is 3.42. The molecule has 10 heteroatoms. The first-order valence-electron chi connectivity index (χ1n) is 9.37. The van der Waals surface area contributed by atoms with Crippen LogP contribution in [0.15, 0.2) is 51.7 Å². The van der Waals surface area contributed by atoms with Crippen LogP contribution >= 0.6 is 0 Å². The third-order valence-corrected chi connectivity index (χ3v) is 5.06. The number of rotatable bonds is 4. The molecule has 5 atom stereocenters. The van der Waals surface area contributed by atoms with Gasteiger partial charge in [-0.05, 0) is 0 Å². The Morgan fingerprint density at radius 2 is 1.68 bits per heavy atom. The Hall–Kier alpha value is -3.15. The maximum Gasteiger partial charge on any atom is 0.238 e. The van der Waals surface area contributed by atoms with Crippen molar-refractivity contribution in [3.8, 4) is 28.6 Å². The van der Waals surface area contributed by atoms with Crippen LogP contribution in [0.1, 0.15) is 0 Å². The normalized spacial score (nSPS) is 26.1. The van der Waals surface area contributed by atoms with E-state index in [9.17, 15) is 35.4 Å². The zero-order chi connectivity index (χ0) is 22.3. The molecule has 1 aliphatic rings. The second kappa shape index (κ2) is 8.17. The van der Waals surface area contributed by atoms with Crippen LogP contribution in [0.5, 0.6) is 17.2 Å². The van der Waals surface area contributed by atoms with Gasteiger partial charge in [-0.25, -0.2) is 0 Å². The van der Waals surface area contributed by atoms with Crippen molar-refractivity contribution in [2.24, 2.45) is 0 Å². The van der Waals surface area contributed by atoms with E-state index in [0.717, 1.165) is 6.07 Å². The highest BCUT2D eigenvalue weighted by Gasteiger charge is 2.44. The van der Waals surface area contributed by atoms with Gasteiger partial charge >= 0.3 is 0 Å². The molecular formula is C21H20O10. The molecule has 1 saturated heterocycles. The monoisotopic (exact) mass is 432 g/mol. The van der Waals surface area contributed by atoms with Crippen molar-refractivity contribution in [2.75, 3.05) is 6.61 Å². The molecular weight excluding hydrogens is 412 g/mol. The summed E-state index contributed by atoms with van der Waals surface area (Å²) in [5, 5.41) is 59.5. The standard InChI is InChI=1S/C21H20O10/c22-8-13-15(24)17(26)19(28)21(31-13)29-10-6-11(23)14-12(7-10)30-20(18(27)16(14)25)9-4-2-1-3-5-9/h1-7,13,15,17,19,21-24,26-28H,8H2/t13-,15-,17+,19-,21-/m1/s1. The predicted molar refractivity (Wildman–Crippen MR) is 106 cm³/mol. The smallest absolute Gasteiger partial charge is 0.238 e. The Labute approximate surface area is 174 Å². The van der Waals surface area contributed by atoms with E-state index in [1.54, 1.807) is 30.3 Å². The molecule has 1 fully saturated rings. The summed E-state index contributed by atoms with van der Waals surface area (Å²) in [6.07, 6.45) is -7.55. The maximum atomic E-state index is 12.6. The largest absolute Gasteiger partial charge is 0.507 e. The molecule has 1 aliphatic heterocycles. The van der Waals surface area contributed by atoms with Crippen LogP contribution in [-0.2, 0) is 4.74 Å². The molecule has 6 N–H and O–H groups in total. The van der Waals surface area contributed by atoms with Crippen LogP contribution in [0.4, 0.5) is 0 Å². The Bertz CT molecular complexity index is 1140. The lowest BCUT2D eigenvalue weighted by molar-refractivity contribution is -0.277. The van der Waals surface area contributed by atoms with Crippen molar-refractivity contribution in [3.63, 3.8) is 0 Å². The highest BCUT2D eigenvalue weighted by atomic mass is 16.7. The zero-order valence-corrected chi connectivity index (χ0v) is 16.0. The van der Waals surface area contributed by atoms with Crippen LogP contribution in [0.3, 0.4) is 0 Å². The van der Waals surface area contributed by atoms with Gasteiger partial charge in [0, 0.05) is 17.7 Å². The molecule has 4 rings (SSSR count). The van der Waals surface area contributed by atoms with Gasteiger partial charge in [0.2, 0.25) is 17.5 Å². The van der Waals surface area contributed by atoms with E-state index in [4.69, 9.17) is 13.9 Å². The maximum absolute atomic E-state index is 12.6. The summed E-state index contributed by atoms with van der Waals surface area (Å²) in [5.41, 5.74) is -0.531. The first kappa shape index (κ1) is 21.1. The number of aliphatic hydroxyl groups is 4. The topological polar surface area (TPSA) is 170 Å². The van der Waals surface area contributed by atoms with Crippen molar-refractivity contribution >= 4 is 11.0 Å². The summed E-state index contributed by atoms with van der Waals surface area (Å²) in [4.78, 5) is 12.6. The molecule has 0 radical (unpaired) electrons. The molecule has 1 aromatic heterocycles. The average Bonchev–Trinajstić information content (AvgIpc) is 2.77. The van der Waals surface area contributed by atoms with Gasteiger partial charge in [0.05, 0.1) is 6.61 Å². The number of phenols is 1. The molecule has 0 unspecified atom stereocenters. The van der Waals surface area contributed by atoms with Gasteiger partial charge in [0.15, 0.2) is 5.76 Å². The summed E-state index contributed by atoms with van der Waals surface area (Å²) in [6, 6.07) is 10.7. The molecule has 31 heavy (non-hydrogen) atoms. The molecule has 0 bridgehead atoms. The second-order valence-corrected chi connectivity index (χ2v) is 7.11.